The number of nitrogens with zero attached hydrogens (tertiary/aromatic N) is 2. The quantitative estimate of drug-likeness (QED) is 0.462. The molecule has 2 saturated heterocycles. The van der Waals surface area contributed by atoms with Crippen molar-refractivity contribution >= 4 is 17.3 Å². The number of carbonyl (C=O) groups is 1. The summed E-state index contributed by atoms with van der Waals surface area (Å²) in [6.07, 6.45) is -5.82. The Labute approximate surface area is 195 Å². The molecule has 3 aliphatic heterocycles. The van der Waals surface area contributed by atoms with Crippen LogP contribution in [0.3, 0.4) is 0 Å². The Bertz CT molecular complexity index is 887. The number of amides is 1. The van der Waals surface area contributed by atoms with Crippen molar-refractivity contribution in [3.05, 3.63) is 23.3 Å². The Morgan fingerprint density at radius 1 is 0.941 bits per heavy atom. The van der Waals surface area contributed by atoms with E-state index >= 15 is 0 Å². The van der Waals surface area contributed by atoms with E-state index in [0.717, 1.165) is 25.3 Å². The Balaban J connectivity index is 1.72. The number of halogens is 6. The van der Waals surface area contributed by atoms with E-state index in [9.17, 15) is 31.1 Å². The van der Waals surface area contributed by atoms with Crippen molar-refractivity contribution in [1.29, 1.82) is 0 Å². The standard InChI is InChI=1S/C23H31F6N4O/c24-22(25,26)16-14-17(23(27,28)29)21-18(15-16)33(12-4-2-1-3-5-13-33)19(31-21)6-7-20(34)32-10-8-30-9-11-32/h14-15,19,30-31H,1-13H2/q+1. The van der Waals surface area contributed by atoms with Gasteiger partial charge in [0.05, 0.1) is 24.2 Å². The van der Waals surface area contributed by atoms with Gasteiger partial charge < -0.3 is 15.5 Å². The highest BCUT2D eigenvalue weighted by Crippen LogP contribution is 2.52. The Kier molecular flexibility index (Phi) is 7.06. The van der Waals surface area contributed by atoms with Gasteiger partial charge in [0.2, 0.25) is 5.91 Å². The first-order valence-corrected chi connectivity index (χ1v) is 12.0. The van der Waals surface area contributed by atoms with Crippen LogP contribution in [-0.4, -0.2) is 56.2 Å². The number of piperazine rings is 1. The number of alkyl halides is 6. The summed E-state index contributed by atoms with van der Waals surface area (Å²) in [5.41, 5.74) is -2.77. The maximum atomic E-state index is 13.9. The van der Waals surface area contributed by atoms with E-state index in [2.05, 4.69) is 10.6 Å². The highest BCUT2D eigenvalue weighted by molar-refractivity contribution is 5.80. The molecule has 5 nitrogen and oxygen atoms in total. The van der Waals surface area contributed by atoms with Gasteiger partial charge >= 0.3 is 12.4 Å². The molecule has 1 atom stereocenters. The average Bonchev–Trinajstić information content (AvgIpc) is 3.07. The molecule has 4 rings (SSSR count). The summed E-state index contributed by atoms with van der Waals surface area (Å²) in [6, 6.07) is 1.11. The van der Waals surface area contributed by atoms with Gasteiger partial charge in [0, 0.05) is 45.1 Å². The molecule has 1 aromatic rings. The molecule has 11 heteroatoms. The zero-order valence-electron chi connectivity index (χ0n) is 19.0. The van der Waals surface area contributed by atoms with Crippen LogP contribution in [-0.2, 0) is 17.1 Å². The molecule has 1 spiro atoms. The number of benzene rings is 1. The lowest BCUT2D eigenvalue weighted by atomic mass is 10.0. The molecule has 2 N–H and O–H groups in total. The highest BCUT2D eigenvalue weighted by Gasteiger charge is 2.52. The minimum Gasteiger partial charge on any atom is -0.340 e. The molecular formula is C23H31F6N4O+. The van der Waals surface area contributed by atoms with Crippen LogP contribution in [0, 0.1) is 0 Å². The van der Waals surface area contributed by atoms with E-state index in [1.165, 1.54) is 0 Å². The summed E-state index contributed by atoms with van der Waals surface area (Å²) in [5, 5.41) is 6.13. The number of hydrogen-bond acceptors (Lipinski definition) is 3. The second-order valence-electron chi connectivity index (χ2n) is 9.49. The van der Waals surface area contributed by atoms with E-state index < -0.39 is 29.6 Å². The van der Waals surface area contributed by atoms with Crippen LogP contribution in [0.2, 0.25) is 0 Å². The third-order valence-corrected chi connectivity index (χ3v) is 7.35. The SMILES string of the molecule is O=C(CCC1Nc2c(C(F)(F)F)cc(C(F)(F)F)cc2[N+]12CCCCCCC2)N1CCNCC1. The Hall–Kier alpha value is -2.01. The van der Waals surface area contributed by atoms with Crippen molar-refractivity contribution in [3.8, 4) is 0 Å². The van der Waals surface area contributed by atoms with Crippen molar-refractivity contribution in [1.82, 2.24) is 14.7 Å². The molecule has 190 valence electrons. The van der Waals surface area contributed by atoms with Crippen molar-refractivity contribution in [2.45, 2.75) is 63.5 Å². The van der Waals surface area contributed by atoms with Crippen LogP contribution < -0.4 is 15.1 Å². The van der Waals surface area contributed by atoms with Gasteiger partial charge in [0.1, 0.15) is 5.69 Å². The maximum Gasteiger partial charge on any atom is 0.418 e. The van der Waals surface area contributed by atoms with Gasteiger partial charge in [-0.2, -0.15) is 26.3 Å². The largest absolute Gasteiger partial charge is 0.418 e. The van der Waals surface area contributed by atoms with Gasteiger partial charge in [-0.3, -0.25) is 9.28 Å². The third kappa shape index (κ3) is 5.00. The molecule has 1 aromatic carbocycles. The van der Waals surface area contributed by atoms with Crippen LogP contribution in [0.15, 0.2) is 12.1 Å². The minimum absolute atomic E-state index is 0.0250. The molecule has 3 heterocycles. The molecule has 0 aromatic heterocycles. The van der Waals surface area contributed by atoms with Gasteiger partial charge in [-0.25, -0.2) is 0 Å². The van der Waals surface area contributed by atoms with Crippen LogP contribution >= 0.6 is 0 Å². The summed E-state index contributed by atoms with van der Waals surface area (Å²) in [7, 11) is 0. The monoisotopic (exact) mass is 493 g/mol. The van der Waals surface area contributed by atoms with Crippen molar-refractivity contribution in [2.75, 3.05) is 44.6 Å². The number of anilines is 1. The lowest BCUT2D eigenvalue weighted by Crippen LogP contribution is -2.58. The molecule has 0 radical (unpaired) electrons. The Morgan fingerprint density at radius 3 is 2.15 bits per heavy atom. The molecule has 34 heavy (non-hydrogen) atoms. The fourth-order valence-electron chi connectivity index (χ4n) is 5.61. The summed E-state index contributed by atoms with van der Waals surface area (Å²) in [6.45, 7) is 3.42. The normalized spacial score (nSPS) is 23.2. The molecular weight excluding hydrogens is 462 g/mol. The fraction of sp³-hybridized carbons (Fsp3) is 0.696. The summed E-state index contributed by atoms with van der Waals surface area (Å²) in [4.78, 5) is 14.5. The second kappa shape index (κ2) is 9.56. The molecule has 2 fully saturated rings. The molecule has 1 amide bonds. The van der Waals surface area contributed by atoms with Gasteiger partial charge in [0.15, 0.2) is 11.9 Å². The number of carbonyl (C=O) groups excluding carboxylic acids is 1. The molecule has 3 aliphatic rings. The van der Waals surface area contributed by atoms with Crippen LogP contribution in [0.4, 0.5) is 37.7 Å². The highest BCUT2D eigenvalue weighted by atomic mass is 19.4. The second-order valence-corrected chi connectivity index (χ2v) is 9.49. The zero-order chi connectivity index (χ0) is 24.6. The lowest BCUT2D eigenvalue weighted by Gasteiger charge is -2.41. The summed E-state index contributed by atoms with van der Waals surface area (Å²) in [5.74, 6) is -0.0727. The third-order valence-electron chi connectivity index (χ3n) is 7.35. The van der Waals surface area contributed by atoms with E-state index in [1.54, 1.807) is 4.90 Å². The number of hydrogen-bond donors (Lipinski definition) is 2. The Morgan fingerprint density at radius 2 is 1.56 bits per heavy atom. The molecule has 1 unspecified atom stereocenters. The van der Waals surface area contributed by atoms with Crippen molar-refractivity contribution in [2.24, 2.45) is 0 Å². The molecule has 0 saturated carbocycles. The summed E-state index contributed by atoms with van der Waals surface area (Å²) >= 11 is 0. The molecule has 0 aliphatic carbocycles. The van der Waals surface area contributed by atoms with Gasteiger partial charge in [0.25, 0.3) is 0 Å². The smallest absolute Gasteiger partial charge is 0.340 e. The topological polar surface area (TPSA) is 44.4 Å². The first kappa shape index (κ1) is 25.1. The van der Waals surface area contributed by atoms with E-state index in [0.29, 0.717) is 52.1 Å². The van der Waals surface area contributed by atoms with E-state index in [-0.39, 0.29) is 40.7 Å². The van der Waals surface area contributed by atoms with Crippen LogP contribution in [0.5, 0.6) is 0 Å². The predicted molar refractivity (Wildman–Crippen MR) is 117 cm³/mol. The van der Waals surface area contributed by atoms with Crippen LogP contribution in [0.25, 0.3) is 0 Å². The number of quaternary nitrogens is 1. The van der Waals surface area contributed by atoms with Gasteiger partial charge in [-0.15, -0.1) is 0 Å². The average molecular weight is 494 g/mol. The van der Waals surface area contributed by atoms with Crippen LogP contribution in [0.1, 0.15) is 56.1 Å². The lowest BCUT2D eigenvalue weighted by molar-refractivity contribution is -0.142. The van der Waals surface area contributed by atoms with Gasteiger partial charge in [-0.05, 0) is 31.7 Å². The fourth-order valence-corrected chi connectivity index (χ4v) is 5.61. The van der Waals surface area contributed by atoms with E-state index in [1.807, 2.05) is 0 Å². The van der Waals surface area contributed by atoms with E-state index in [4.69, 9.17) is 0 Å². The van der Waals surface area contributed by atoms with Crippen molar-refractivity contribution < 1.29 is 31.1 Å². The molecule has 0 bridgehead atoms. The van der Waals surface area contributed by atoms with Crippen molar-refractivity contribution in [3.63, 3.8) is 0 Å². The first-order valence-electron chi connectivity index (χ1n) is 12.0. The number of nitrogens with one attached hydrogen (secondary N) is 2. The number of fused-ring (bicyclic) bond motifs is 2. The maximum absolute atomic E-state index is 13.9. The summed E-state index contributed by atoms with van der Waals surface area (Å²) < 4.78 is 82.7. The van der Waals surface area contributed by atoms with Gasteiger partial charge in [-0.1, -0.05) is 6.42 Å². The number of rotatable bonds is 3. The minimum atomic E-state index is -4.93. The zero-order valence-corrected chi connectivity index (χ0v) is 19.0. The predicted octanol–water partition coefficient (Wildman–Crippen LogP) is 4.96. The first-order chi connectivity index (χ1) is 16.0.